The van der Waals surface area contributed by atoms with Crippen molar-refractivity contribution in [3.05, 3.63) is 65.5 Å². The van der Waals surface area contributed by atoms with E-state index in [4.69, 9.17) is 19.2 Å². The highest BCUT2D eigenvalue weighted by Gasteiger charge is 2.27. The van der Waals surface area contributed by atoms with Crippen LogP contribution in [0.2, 0.25) is 0 Å². The third kappa shape index (κ3) is 4.60. The first-order chi connectivity index (χ1) is 14.7. The molecule has 3 aromatic rings. The number of benzene rings is 1. The molecule has 1 saturated heterocycles. The van der Waals surface area contributed by atoms with Crippen molar-refractivity contribution in [2.75, 3.05) is 27.4 Å². The van der Waals surface area contributed by atoms with Gasteiger partial charge in [0, 0.05) is 37.4 Å². The zero-order valence-electron chi connectivity index (χ0n) is 17.2. The molecule has 158 valence electrons. The minimum Gasteiger partial charge on any atom is -0.481 e. The van der Waals surface area contributed by atoms with Crippen molar-refractivity contribution in [1.29, 1.82) is 0 Å². The Kier molecular flexibility index (Phi) is 6.54. The highest BCUT2D eigenvalue weighted by atomic mass is 16.5. The smallest absolute Gasteiger partial charge is 0.213 e. The number of aliphatic hydroxyl groups is 1. The summed E-state index contributed by atoms with van der Waals surface area (Å²) in [7, 11) is 3.26. The largest absolute Gasteiger partial charge is 0.481 e. The lowest BCUT2D eigenvalue weighted by Crippen LogP contribution is -2.48. The first-order valence-electron chi connectivity index (χ1n) is 10.1. The number of fused-ring (bicyclic) bond motifs is 1. The topological polar surface area (TPSA) is 85.7 Å². The van der Waals surface area contributed by atoms with Gasteiger partial charge in [-0.1, -0.05) is 18.2 Å². The monoisotopic (exact) mass is 409 g/mol. The number of aromatic nitrogens is 2. The number of ether oxygens (including phenoxy) is 3. The Morgan fingerprint density at radius 2 is 2.10 bits per heavy atom. The number of aliphatic hydroxyl groups excluding tert-OH is 1. The summed E-state index contributed by atoms with van der Waals surface area (Å²) in [5.74, 6) is 0.594. The molecule has 3 heterocycles. The molecular weight excluding hydrogens is 382 g/mol. The summed E-state index contributed by atoms with van der Waals surface area (Å²) >= 11 is 0. The van der Waals surface area contributed by atoms with E-state index < -0.39 is 12.3 Å². The fourth-order valence-electron chi connectivity index (χ4n) is 3.83. The molecule has 4 rings (SSSR count). The van der Waals surface area contributed by atoms with E-state index in [9.17, 15) is 5.11 Å². The molecule has 30 heavy (non-hydrogen) atoms. The second-order valence-corrected chi connectivity index (χ2v) is 7.43. The molecule has 7 heteroatoms. The van der Waals surface area contributed by atoms with Crippen LogP contribution in [0.3, 0.4) is 0 Å². The van der Waals surface area contributed by atoms with Crippen molar-refractivity contribution in [2.45, 2.75) is 31.2 Å². The van der Waals surface area contributed by atoms with Gasteiger partial charge in [-0.05, 0) is 42.2 Å². The fourth-order valence-corrected chi connectivity index (χ4v) is 3.83. The van der Waals surface area contributed by atoms with Gasteiger partial charge in [-0.25, -0.2) is 9.97 Å². The van der Waals surface area contributed by atoms with Gasteiger partial charge in [0.05, 0.1) is 31.0 Å². The lowest BCUT2D eigenvalue weighted by molar-refractivity contribution is -0.0491. The lowest BCUT2D eigenvalue weighted by Gasteiger charge is -2.31. The van der Waals surface area contributed by atoms with Crippen LogP contribution in [0.1, 0.15) is 29.5 Å². The second kappa shape index (κ2) is 9.49. The number of hydrogen-bond donors (Lipinski definition) is 2. The highest BCUT2D eigenvalue weighted by Crippen LogP contribution is 2.26. The summed E-state index contributed by atoms with van der Waals surface area (Å²) in [6, 6.07) is 14.0. The standard InChI is InChI=1S/C23H27N3O4/c1-28-22-12-15(7-9-24-22)11-16-13-20(25-18-6-4-3-5-17(16)18)23(29-2)26-19-8-10-30-14-21(19)27/h3-7,9,12-13,19,21,23,26-27H,8,10-11,14H2,1-2H3/t19-,21-,23?/m0/s1. The molecule has 0 amide bonds. The summed E-state index contributed by atoms with van der Waals surface area (Å²) < 4.78 is 16.3. The predicted molar refractivity (Wildman–Crippen MR) is 113 cm³/mol. The van der Waals surface area contributed by atoms with Crippen LogP contribution in [0.4, 0.5) is 0 Å². The van der Waals surface area contributed by atoms with Crippen LogP contribution >= 0.6 is 0 Å². The predicted octanol–water partition coefficient (Wildman–Crippen LogP) is 2.61. The molecule has 1 aliphatic rings. The van der Waals surface area contributed by atoms with Crippen molar-refractivity contribution < 1.29 is 19.3 Å². The summed E-state index contributed by atoms with van der Waals surface area (Å²) in [4.78, 5) is 9.03. The molecule has 1 aliphatic heterocycles. The van der Waals surface area contributed by atoms with Gasteiger partial charge in [-0.15, -0.1) is 0 Å². The molecule has 0 radical (unpaired) electrons. The van der Waals surface area contributed by atoms with Crippen LogP contribution in [0.15, 0.2) is 48.7 Å². The first kappa shape index (κ1) is 20.7. The number of pyridine rings is 2. The third-order valence-electron chi connectivity index (χ3n) is 5.42. The van der Waals surface area contributed by atoms with Gasteiger partial charge in [0.2, 0.25) is 5.88 Å². The van der Waals surface area contributed by atoms with Gasteiger partial charge in [0.25, 0.3) is 0 Å². The molecule has 2 N–H and O–H groups in total. The Bertz CT molecular complexity index is 997. The van der Waals surface area contributed by atoms with Crippen LogP contribution in [0, 0.1) is 0 Å². The maximum Gasteiger partial charge on any atom is 0.213 e. The molecule has 2 aromatic heterocycles. The first-order valence-corrected chi connectivity index (χ1v) is 10.1. The highest BCUT2D eigenvalue weighted by molar-refractivity contribution is 5.82. The second-order valence-electron chi connectivity index (χ2n) is 7.43. The number of nitrogens with zero attached hydrogens (tertiary/aromatic N) is 2. The van der Waals surface area contributed by atoms with Gasteiger partial charge in [0.15, 0.2) is 6.23 Å². The Hall–Kier alpha value is -2.58. The Morgan fingerprint density at radius 3 is 2.90 bits per heavy atom. The number of rotatable bonds is 7. The van der Waals surface area contributed by atoms with Crippen LogP contribution < -0.4 is 10.1 Å². The van der Waals surface area contributed by atoms with E-state index in [1.54, 1.807) is 20.4 Å². The molecular formula is C23H27N3O4. The van der Waals surface area contributed by atoms with Crippen LogP contribution in [-0.2, 0) is 15.9 Å². The maximum atomic E-state index is 10.2. The number of nitrogens with one attached hydrogen (secondary N) is 1. The van der Waals surface area contributed by atoms with E-state index >= 15 is 0 Å². The summed E-state index contributed by atoms with van der Waals surface area (Å²) in [5, 5.41) is 14.7. The van der Waals surface area contributed by atoms with Crippen molar-refractivity contribution in [3.63, 3.8) is 0 Å². The Balaban J connectivity index is 1.67. The fraction of sp³-hybridized carbons (Fsp3) is 0.391. The minimum atomic E-state index is -0.569. The maximum absolute atomic E-state index is 10.2. The molecule has 0 aliphatic carbocycles. The van der Waals surface area contributed by atoms with Crippen molar-refractivity contribution in [1.82, 2.24) is 15.3 Å². The van der Waals surface area contributed by atoms with Gasteiger partial charge in [0.1, 0.15) is 0 Å². The van der Waals surface area contributed by atoms with Gasteiger partial charge >= 0.3 is 0 Å². The third-order valence-corrected chi connectivity index (χ3v) is 5.42. The average molecular weight is 409 g/mol. The summed E-state index contributed by atoms with van der Waals surface area (Å²) in [6.07, 6.45) is 2.19. The normalized spacial score (nSPS) is 20.2. The molecule has 1 aromatic carbocycles. The van der Waals surface area contributed by atoms with Crippen LogP contribution in [-0.4, -0.2) is 54.7 Å². The Morgan fingerprint density at radius 1 is 1.23 bits per heavy atom. The summed E-state index contributed by atoms with van der Waals surface area (Å²) in [6.45, 7) is 0.944. The van der Waals surface area contributed by atoms with Crippen molar-refractivity contribution in [3.8, 4) is 5.88 Å². The van der Waals surface area contributed by atoms with Crippen LogP contribution in [0.5, 0.6) is 5.88 Å². The van der Waals surface area contributed by atoms with Gasteiger partial charge in [-0.2, -0.15) is 0 Å². The molecule has 0 bridgehead atoms. The zero-order chi connectivity index (χ0) is 20.9. The van der Waals surface area contributed by atoms with E-state index in [2.05, 4.69) is 22.4 Å². The Labute approximate surface area is 176 Å². The van der Waals surface area contributed by atoms with Crippen molar-refractivity contribution >= 4 is 10.9 Å². The number of hydrogen-bond acceptors (Lipinski definition) is 7. The minimum absolute atomic E-state index is 0.107. The average Bonchev–Trinajstić information content (AvgIpc) is 2.78. The SMILES string of the molecule is COc1cc(Cc2cc(C(N[C@H]3CCOC[C@@H]3O)OC)nc3ccccc23)ccn1. The molecule has 7 nitrogen and oxygen atoms in total. The number of para-hydroxylation sites is 1. The zero-order valence-corrected chi connectivity index (χ0v) is 17.2. The molecule has 0 spiro atoms. The van der Waals surface area contributed by atoms with E-state index in [1.807, 2.05) is 30.3 Å². The van der Waals surface area contributed by atoms with E-state index in [0.717, 1.165) is 34.1 Å². The molecule has 1 fully saturated rings. The van der Waals surface area contributed by atoms with E-state index in [1.165, 1.54) is 0 Å². The quantitative estimate of drug-likeness (QED) is 0.580. The van der Waals surface area contributed by atoms with Gasteiger partial charge in [-0.3, -0.25) is 5.32 Å². The molecule has 3 atom stereocenters. The van der Waals surface area contributed by atoms with E-state index in [-0.39, 0.29) is 6.04 Å². The van der Waals surface area contributed by atoms with Crippen LogP contribution in [0.25, 0.3) is 10.9 Å². The molecule has 0 saturated carbocycles. The number of methoxy groups -OCH3 is 2. The van der Waals surface area contributed by atoms with Gasteiger partial charge < -0.3 is 19.3 Å². The lowest BCUT2D eigenvalue weighted by atomic mass is 10.00. The summed E-state index contributed by atoms with van der Waals surface area (Å²) in [5.41, 5.74) is 3.93. The van der Waals surface area contributed by atoms with E-state index in [0.29, 0.717) is 25.5 Å². The van der Waals surface area contributed by atoms with Crippen molar-refractivity contribution in [2.24, 2.45) is 0 Å². The molecule has 1 unspecified atom stereocenters.